The molecule has 0 saturated carbocycles. The van der Waals surface area contributed by atoms with Crippen LogP contribution in [0.1, 0.15) is 187 Å². The highest BCUT2D eigenvalue weighted by molar-refractivity contribution is 5.76. The van der Waals surface area contributed by atoms with E-state index in [1.807, 2.05) is 6.08 Å². The van der Waals surface area contributed by atoms with Gasteiger partial charge in [0.05, 0.1) is 25.4 Å². The normalized spacial score (nSPS) is 20.7. The lowest BCUT2D eigenvalue weighted by atomic mass is 9.99. The number of carbonyl (C=O) groups excluding carboxylic acids is 1. The van der Waals surface area contributed by atoms with Crippen molar-refractivity contribution < 1.29 is 39.8 Å². The number of unbranched alkanes of at least 4 members (excludes halogenated alkanes) is 16. The van der Waals surface area contributed by atoms with Crippen molar-refractivity contribution >= 4 is 5.91 Å². The van der Waals surface area contributed by atoms with Gasteiger partial charge < -0.3 is 40.3 Å². The number of hydrogen-bond acceptors (Lipinski definition) is 8. The van der Waals surface area contributed by atoms with Crippen LogP contribution in [-0.2, 0) is 14.3 Å². The molecule has 0 aromatic rings. The monoisotopic (exact) mass is 922 g/mol. The minimum atomic E-state index is -1.59. The van der Waals surface area contributed by atoms with Gasteiger partial charge in [-0.05, 0) is 83.5 Å². The van der Waals surface area contributed by atoms with Gasteiger partial charge in [-0.1, -0.05) is 207 Å². The Hall–Kier alpha value is -3.15. The molecule has 0 aromatic heterocycles. The summed E-state index contributed by atoms with van der Waals surface area (Å²) < 4.78 is 11.2. The maximum atomic E-state index is 13.0. The van der Waals surface area contributed by atoms with Crippen LogP contribution in [-0.4, -0.2) is 87.5 Å². The molecule has 7 atom stereocenters. The molecule has 0 bridgehead atoms. The Morgan fingerprint density at radius 1 is 0.530 bits per heavy atom. The Morgan fingerprint density at radius 3 is 1.45 bits per heavy atom. The Kier molecular flexibility index (Phi) is 42.1. The highest BCUT2D eigenvalue weighted by atomic mass is 16.7. The Labute approximate surface area is 402 Å². The zero-order valence-electron chi connectivity index (χ0n) is 41.4. The first-order valence-corrected chi connectivity index (χ1v) is 26.1. The molecule has 1 amide bonds. The van der Waals surface area contributed by atoms with Gasteiger partial charge in [0, 0.05) is 6.42 Å². The van der Waals surface area contributed by atoms with E-state index in [0.29, 0.717) is 6.42 Å². The van der Waals surface area contributed by atoms with Crippen molar-refractivity contribution in [2.75, 3.05) is 13.2 Å². The largest absolute Gasteiger partial charge is 0.394 e. The highest BCUT2D eigenvalue weighted by Gasteiger charge is 2.44. The number of hydrogen-bond donors (Lipinski definition) is 6. The van der Waals surface area contributed by atoms with Crippen LogP contribution in [0.2, 0.25) is 0 Å². The van der Waals surface area contributed by atoms with E-state index in [2.05, 4.69) is 116 Å². The zero-order valence-corrected chi connectivity index (χ0v) is 41.4. The van der Waals surface area contributed by atoms with E-state index in [1.54, 1.807) is 6.08 Å². The van der Waals surface area contributed by atoms with Crippen molar-refractivity contribution in [3.63, 3.8) is 0 Å². The summed E-state index contributed by atoms with van der Waals surface area (Å²) in [6, 6.07) is -0.861. The van der Waals surface area contributed by atoms with Gasteiger partial charge >= 0.3 is 0 Å². The van der Waals surface area contributed by atoms with E-state index in [-0.39, 0.29) is 18.9 Å². The predicted octanol–water partition coefficient (Wildman–Crippen LogP) is 12.2. The second-order valence-electron chi connectivity index (χ2n) is 17.6. The summed E-state index contributed by atoms with van der Waals surface area (Å²) in [4.78, 5) is 13.0. The van der Waals surface area contributed by atoms with Gasteiger partial charge in [0.2, 0.25) is 5.91 Å². The number of allylic oxidation sites excluding steroid dienone is 17. The molecule has 376 valence electrons. The summed E-state index contributed by atoms with van der Waals surface area (Å²) in [6.45, 7) is 3.60. The molecular weight excluding hydrogens is 827 g/mol. The first kappa shape index (κ1) is 60.9. The molecule has 0 radical (unpaired) electrons. The number of nitrogens with one attached hydrogen (secondary N) is 1. The molecule has 9 nitrogen and oxygen atoms in total. The van der Waals surface area contributed by atoms with Gasteiger partial charge in [0.1, 0.15) is 24.4 Å². The van der Waals surface area contributed by atoms with Crippen molar-refractivity contribution in [1.82, 2.24) is 5.32 Å². The minimum absolute atomic E-state index is 0.231. The maximum Gasteiger partial charge on any atom is 0.220 e. The SMILES string of the molecule is CC/C=C\C/C=C\C/C=C\C/C=C\C/C=C\C/C=C\C/C=C\CCCC(=O)NC(COC1OC(CO)C(O)C(O)C1O)C(O)/C=C/CC/C=C/CCCCCCCCCCCCCCCC. The average molecular weight is 922 g/mol. The number of rotatable bonds is 42. The van der Waals surface area contributed by atoms with Crippen LogP contribution in [0.3, 0.4) is 0 Å². The summed E-state index contributed by atoms with van der Waals surface area (Å²) in [6.07, 6.45) is 60.0. The summed E-state index contributed by atoms with van der Waals surface area (Å²) in [5.74, 6) is -0.248. The molecule has 7 unspecified atom stereocenters. The van der Waals surface area contributed by atoms with E-state index in [4.69, 9.17) is 9.47 Å². The molecule has 1 fully saturated rings. The van der Waals surface area contributed by atoms with Crippen molar-refractivity contribution in [3.05, 3.63) is 109 Å². The van der Waals surface area contributed by atoms with Crippen LogP contribution < -0.4 is 5.32 Å². The van der Waals surface area contributed by atoms with Crippen LogP contribution in [0, 0.1) is 0 Å². The fourth-order valence-corrected chi connectivity index (χ4v) is 7.45. The van der Waals surface area contributed by atoms with Crippen LogP contribution in [0.4, 0.5) is 0 Å². The summed E-state index contributed by atoms with van der Waals surface area (Å²) in [5, 5.41) is 54.3. The van der Waals surface area contributed by atoms with E-state index in [0.717, 1.165) is 70.6 Å². The lowest BCUT2D eigenvalue weighted by Crippen LogP contribution is -2.60. The molecule has 1 heterocycles. The molecule has 0 spiro atoms. The van der Waals surface area contributed by atoms with Crippen LogP contribution in [0.25, 0.3) is 0 Å². The molecule has 9 heteroatoms. The number of amides is 1. The zero-order chi connectivity index (χ0) is 48.0. The third-order valence-corrected chi connectivity index (χ3v) is 11.6. The van der Waals surface area contributed by atoms with Crippen LogP contribution in [0.15, 0.2) is 109 Å². The fraction of sp³-hybridized carbons (Fsp3) is 0.667. The van der Waals surface area contributed by atoms with E-state index in [9.17, 15) is 30.3 Å². The second kappa shape index (κ2) is 45.6. The van der Waals surface area contributed by atoms with Crippen molar-refractivity contribution in [2.24, 2.45) is 0 Å². The van der Waals surface area contributed by atoms with Crippen molar-refractivity contribution in [3.8, 4) is 0 Å². The molecule has 6 N–H and O–H groups in total. The van der Waals surface area contributed by atoms with Gasteiger partial charge in [0.25, 0.3) is 0 Å². The average Bonchev–Trinajstić information content (AvgIpc) is 3.32. The van der Waals surface area contributed by atoms with Gasteiger partial charge in [-0.15, -0.1) is 0 Å². The predicted molar refractivity (Wildman–Crippen MR) is 276 cm³/mol. The standard InChI is InChI=1S/C57H95NO8/c1-3-5-7-9-11-13-15-17-19-21-23-25-26-27-29-31-33-35-37-39-41-43-45-47-53(61)58-50(49-65-57-56(64)55(63)54(62)52(48-59)66-57)51(60)46-44-42-40-38-36-34-32-30-28-24-22-20-18-16-14-12-10-8-6-4-2/h5,7,11,13,17,19,23,25,27,29,33,35-36,38-39,41,44,46,50-52,54-57,59-60,62-64H,3-4,6,8-10,12,14-16,18,20-22,24,26,28,30-32,34,37,40,42-43,45,47-49H2,1-2H3,(H,58,61)/b7-5-,13-11-,19-17-,25-23-,29-27-,35-33-,38-36+,41-39-,46-44+. The summed E-state index contributed by atoms with van der Waals surface area (Å²) >= 11 is 0. The van der Waals surface area contributed by atoms with E-state index in [1.165, 1.54) is 89.9 Å². The Morgan fingerprint density at radius 2 is 0.955 bits per heavy atom. The molecule has 1 aliphatic rings. The number of ether oxygens (including phenoxy) is 2. The Bertz CT molecular complexity index is 1390. The lowest BCUT2D eigenvalue weighted by molar-refractivity contribution is -0.302. The summed E-state index contributed by atoms with van der Waals surface area (Å²) in [5.41, 5.74) is 0. The van der Waals surface area contributed by atoms with E-state index < -0.39 is 49.5 Å². The third kappa shape index (κ3) is 35.1. The molecule has 0 aromatic carbocycles. The van der Waals surface area contributed by atoms with Gasteiger partial charge in [0.15, 0.2) is 6.29 Å². The maximum absolute atomic E-state index is 13.0. The summed E-state index contributed by atoms with van der Waals surface area (Å²) in [7, 11) is 0. The Balaban J connectivity index is 2.38. The highest BCUT2D eigenvalue weighted by Crippen LogP contribution is 2.22. The smallest absolute Gasteiger partial charge is 0.220 e. The lowest BCUT2D eigenvalue weighted by Gasteiger charge is -2.40. The van der Waals surface area contributed by atoms with Crippen LogP contribution >= 0.6 is 0 Å². The fourth-order valence-electron chi connectivity index (χ4n) is 7.45. The third-order valence-electron chi connectivity index (χ3n) is 11.6. The van der Waals surface area contributed by atoms with Gasteiger partial charge in [-0.2, -0.15) is 0 Å². The topological polar surface area (TPSA) is 149 Å². The first-order chi connectivity index (χ1) is 32.3. The van der Waals surface area contributed by atoms with E-state index >= 15 is 0 Å². The number of carbonyl (C=O) groups is 1. The van der Waals surface area contributed by atoms with Gasteiger partial charge in [-0.25, -0.2) is 0 Å². The molecule has 0 aliphatic carbocycles. The number of aliphatic hydroxyl groups excluding tert-OH is 5. The van der Waals surface area contributed by atoms with Crippen molar-refractivity contribution in [2.45, 2.75) is 230 Å². The van der Waals surface area contributed by atoms with Crippen LogP contribution in [0.5, 0.6) is 0 Å². The minimum Gasteiger partial charge on any atom is -0.394 e. The van der Waals surface area contributed by atoms with Crippen molar-refractivity contribution in [1.29, 1.82) is 0 Å². The second-order valence-corrected chi connectivity index (χ2v) is 17.6. The molecule has 1 aliphatic heterocycles. The quantitative estimate of drug-likeness (QED) is 0.0262. The molecular formula is C57H95NO8. The molecule has 1 saturated heterocycles. The first-order valence-electron chi connectivity index (χ1n) is 26.1. The van der Waals surface area contributed by atoms with Gasteiger partial charge in [-0.3, -0.25) is 4.79 Å². The molecule has 66 heavy (non-hydrogen) atoms. The number of aliphatic hydroxyl groups is 5. The molecule has 1 rings (SSSR count).